The molecule has 1 aliphatic carbocycles. The summed E-state index contributed by atoms with van der Waals surface area (Å²) < 4.78 is 9.39. The predicted octanol–water partition coefficient (Wildman–Crippen LogP) is 2.07. The lowest BCUT2D eigenvalue weighted by Gasteiger charge is -2.22. The van der Waals surface area contributed by atoms with Crippen LogP contribution in [0.2, 0.25) is 0 Å². The fourth-order valence-electron chi connectivity index (χ4n) is 2.63. The van der Waals surface area contributed by atoms with E-state index in [9.17, 15) is 5.11 Å². The predicted molar refractivity (Wildman–Crippen MR) is 89.5 cm³/mol. The Balaban J connectivity index is 1.75. The number of methoxy groups -OCH3 is 1. The first kappa shape index (κ1) is 16.2. The SMILES string of the molecule is COc1ccc(CN(Cn2nc(CO)n(C)c2=S)C2CC2)cc1. The number of aromatic nitrogens is 3. The van der Waals surface area contributed by atoms with E-state index in [2.05, 4.69) is 22.1 Å². The fourth-order valence-corrected chi connectivity index (χ4v) is 2.84. The summed E-state index contributed by atoms with van der Waals surface area (Å²) in [5, 5.41) is 13.7. The van der Waals surface area contributed by atoms with Crippen molar-refractivity contribution in [2.45, 2.75) is 38.7 Å². The molecule has 1 aromatic carbocycles. The van der Waals surface area contributed by atoms with Crippen molar-refractivity contribution < 1.29 is 9.84 Å². The molecule has 1 aromatic heterocycles. The Hall–Kier alpha value is -1.70. The molecule has 6 nitrogen and oxygen atoms in total. The molecular formula is C16H22N4O2S. The zero-order valence-electron chi connectivity index (χ0n) is 13.5. The van der Waals surface area contributed by atoms with Gasteiger partial charge in [0.15, 0.2) is 10.6 Å². The van der Waals surface area contributed by atoms with Gasteiger partial charge in [0, 0.05) is 19.6 Å². The average Bonchev–Trinajstić information content (AvgIpc) is 3.38. The zero-order chi connectivity index (χ0) is 16.4. The number of benzene rings is 1. The van der Waals surface area contributed by atoms with Gasteiger partial charge in [-0.1, -0.05) is 12.1 Å². The summed E-state index contributed by atoms with van der Waals surface area (Å²) >= 11 is 5.41. The second-order valence-electron chi connectivity index (χ2n) is 5.88. The molecule has 0 unspecified atom stereocenters. The fraction of sp³-hybridized carbons (Fsp3) is 0.500. The van der Waals surface area contributed by atoms with Crippen LogP contribution < -0.4 is 4.74 Å². The Morgan fingerprint density at radius 2 is 2.04 bits per heavy atom. The summed E-state index contributed by atoms with van der Waals surface area (Å²) in [5.74, 6) is 1.46. The molecule has 0 atom stereocenters. The Morgan fingerprint density at radius 3 is 2.57 bits per heavy atom. The molecule has 0 spiro atoms. The summed E-state index contributed by atoms with van der Waals surface area (Å²) in [5.41, 5.74) is 1.24. The van der Waals surface area contributed by atoms with Crippen LogP contribution in [0, 0.1) is 4.77 Å². The minimum absolute atomic E-state index is 0.102. The van der Waals surface area contributed by atoms with Gasteiger partial charge >= 0.3 is 0 Å². The maximum absolute atomic E-state index is 9.33. The molecule has 0 saturated heterocycles. The van der Waals surface area contributed by atoms with Crippen molar-refractivity contribution in [2.75, 3.05) is 7.11 Å². The van der Waals surface area contributed by atoms with E-state index in [0.717, 1.165) is 12.3 Å². The van der Waals surface area contributed by atoms with Gasteiger partial charge in [0.1, 0.15) is 12.4 Å². The lowest BCUT2D eigenvalue weighted by atomic mass is 10.2. The topological polar surface area (TPSA) is 55.4 Å². The van der Waals surface area contributed by atoms with Gasteiger partial charge in [0.2, 0.25) is 0 Å². The van der Waals surface area contributed by atoms with Crippen molar-refractivity contribution in [3.8, 4) is 5.75 Å². The molecule has 23 heavy (non-hydrogen) atoms. The van der Waals surface area contributed by atoms with E-state index in [-0.39, 0.29) is 6.61 Å². The first-order chi connectivity index (χ1) is 11.1. The number of rotatable bonds is 7. The maximum atomic E-state index is 9.33. The van der Waals surface area contributed by atoms with E-state index >= 15 is 0 Å². The van der Waals surface area contributed by atoms with Crippen molar-refractivity contribution in [3.63, 3.8) is 0 Å². The lowest BCUT2D eigenvalue weighted by molar-refractivity contribution is 0.185. The highest BCUT2D eigenvalue weighted by atomic mass is 32.1. The normalized spacial score (nSPS) is 14.4. The molecule has 0 bridgehead atoms. The third kappa shape index (κ3) is 3.63. The van der Waals surface area contributed by atoms with Crippen LogP contribution in [0.4, 0.5) is 0 Å². The number of hydrogen-bond donors (Lipinski definition) is 1. The molecule has 2 aromatic rings. The van der Waals surface area contributed by atoms with Crippen LogP contribution in [-0.2, 0) is 26.9 Å². The highest BCUT2D eigenvalue weighted by molar-refractivity contribution is 7.71. The maximum Gasteiger partial charge on any atom is 0.198 e. The van der Waals surface area contributed by atoms with Crippen molar-refractivity contribution in [2.24, 2.45) is 7.05 Å². The summed E-state index contributed by atoms with van der Waals surface area (Å²) in [7, 11) is 3.51. The van der Waals surface area contributed by atoms with Crippen LogP contribution in [-0.4, -0.2) is 37.5 Å². The summed E-state index contributed by atoms with van der Waals surface area (Å²) in [6.45, 7) is 1.39. The molecule has 124 valence electrons. The third-order valence-corrected chi connectivity index (χ3v) is 4.68. The molecule has 1 N–H and O–H groups in total. The van der Waals surface area contributed by atoms with E-state index < -0.39 is 0 Å². The molecule has 3 rings (SSSR count). The highest BCUT2D eigenvalue weighted by Crippen LogP contribution is 2.29. The van der Waals surface area contributed by atoms with E-state index in [1.54, 1.807) is 16.4 Å². The summed E-state index contributed by atoms with van der Waals surface area (Å²) in [6.07, 6.45) is 2.42. The second-order valence-corrected chi connectivity index (χ2v) is 6.25. The van der Waals surface area contributed by atoms with Crippen LogP contribution >= 0.6 is 12.2 Å². The number of aliphatic hydroxyl groups is 1. The number of nitrogens with zero attached hydrogens (tertiary/aromatic N) is 4. The third-order valence-electron chi connectivity index (χ3n) is 4.20. The Labute approximate surface area is 140 Å². The van der Waals surface area contributed by atoms with Gasteiger partial charge in [-0.15, -0.1) is 0 Å². The Morgan fingerprint density at radius 1 is 1.35 bits per heavy atom. The van der Waals surface area contributed by atoms with E-state index in [1.165, 1.54) is 18.4 Å². The molecular weight excluding hydrogens is 312 g/mol. The van der Waals surface area contributed by atoms with Crippen LogP contribution in [0.15, 0.2) is 24.3 Å². The van der Waals surface area contributed by atoms with Gasteiger partial charge in [-0.2, -0.15) is 5.10 Å². The molecule has 0 aliphatic heterocycles. The van der Waals surface area contributed by atoms with Crippen LogP contribution in [0.25, 0.3) is 0 Å². The number of hydrogen-bond acceptors (Lipinski definition) is 5. The van der Waals surface area contributed by atoms with E-state index in [4.69, 9.17) is 17.0 Å². The summed E-state index contributed by atoms with van der Waals surface area (Å²) in [6, 6.07) is 8.72. The van der Waals surface area contributed by atoms with Gasteiger partial charge in [0.25, 0.3) is 0 Å². The molecule has 1 saturated carbocycles. The van der Waals surface area contributed by atoms with Crippen molar-refractivity contribution in [1.82, 2.24) is 19.2 Å². The Bertz CT molecular complexity index is 719. The van der Waals surface area contributed by atoms with Crippen molar-refractivity contribution in [1.29, 1.82) is 0 Å². The monoisotopic (exact) mass is 334 g/mol. The molecule has 0 amide bonds. The average molecular weight is 334 g/mol. The van der Waals surface area contributed by atoms with Crippen molar-refractivity contribution in [3.05, 3.63) is 40.4 Å². The van der Waals surface area contributed by atoms with E-state index in [0.29, 0.717) is 23.3 Å². The van der Waals surface area contributed by atoms with Gasteiger partial charge < -0.3 is 14.4 Å². The van der Waals surface area contributed by atoms with Gasteiger partial charge in [-0.25, -0.2) is 4.68 Å². The first-order valence-corrected chi connectivity index (χ1v) is 8.13. The van der Waals surface area contributed by atoms with Gasteiger partial charge in [-0.3, -0.25) is 4.90 Å². The number of aliphatic hydroxyl groups excluding tert-OH is 1. The zero-order valence-corrected chi connectivity index (χ0v) is 14.3. The summed E-state index contributed by atoms with van der Waals surface area (Å²) in [4.78, 5) is 2.38. The molecule has 7 heteroatoms. The quantitative estimate of drug-likeness (QED) is 0.786. The first-order valence-electron chi connectivity index (χ1n) is 7.73. The van der Waals surface area contributed by atoms with Crippen LogP contribution in [0.5, 0.6) is 5.75 Å². The largest absolute Gasteiger partial charge is 0.497 e. The van der Waals surface area contributed by atoms with Crippen LogP contribution in [0.1, 0.15) is 24.2 Å². The standard InChI is InChI=1S/C16H22N4O2S/c1-18-15(10-21)17-20(16(18)23)11-19(13-5-6-13)9-12-3-7-14(22-2)8-4-12/h3-4,7-8,13,21H,5-6,9-11H2,1-2H3. The number of ether oxygens (including phenoxy) is 1. The lowest BCUT2D eigenvalue weighted by Crippen LogP contribution is -2.29. The Kier molecular flexibility index (Phi) is 4.79. The highest BCUT2D eigenvalue weighted by Gasteiger charge is 2.29. The second kappa shape index (κ2) is 6.82. The van der Waals surface area contributed by atoms with Gasteiger partial charge in [-0.05, 0) is 42.8 Å². The molecule has 1 fully saturated rings. The van der Waals surface area contributed by atoms with E-state index in [1.807, 2.05) is 19.2 Å². The van der Waals surface area contributed by atoms with Crippen LogP contribution in [0.3, 0.4) is 0 Å². The minimum atomic E-state index is -0.102. The molecule has 0 radical (unpaired) electrons. The molecule has 1 aliphatic rings. The smallest absolute Gasteiger partial charge is 0.198 e. The molecule has 1 heterocycles. The van der Waals surface area contributed by atoms with Crippen molar-refractivity contribution >= 4 is 12.2 Å². The minimum Gasteiger partial charge on any atom is -0.497 e. The van der Waals surface area contributed by atoms with Gasteiger partial charge in [0.05, 0.1) is 13.8 Å².